The van der Waals surface area contributed by atoms with Crippen LogP contribution in [0, 0.1) is 5.92 Å². The fourth-order valence-corrected chi connectivity index (χ4v) is 3.55. The molecule has 0 aliphatic carbocycles. The number of carboxylic acid groups (broad SMARTS) is 1. The van der Waals surface area contributed by atoms with Crippen LogP contribution in [0.5, 0.6) is 0 Å². The average Bonchev–Trinajstić information content (AvgIpc) is 3.27. The van der Waals surface area contributed by atoms with Gasteiger partial charge in [-0.2, -0.15) is 0 Å². The monoisotopic (exact) mass is 373 g/mol. The number of hydrogen-bond acceptors (Lipinski definition) is 5. The quantitative estimate of drug-likeness (QED) is 0.807. The Morgan fingerprint density at radius 1 is 1.35 bits per heavy atom. The second-order valence-corrected chi connectivity index (χ2v) is 7.02. The van der Waals surface area contributed by atoms with Gasteiger partial charge in [-0.15, -0.1) is 11.3 Å². The number of carbonyl (C=O) groups is 3. The molecule has 136 valence electrons. The zero-order valence-electron chi connectivity index (χ0n) is 14.3. The molecule has 1 aliphatic rings. The number of carboxylic acids is 1. The summed E-state index contributed by atoms with van der Waals surface area (Å²) in [6.07, 6.45) is 1.10. The minimum absolute atomic E-state index is 0.0306. The number of nitrogens with zero attached hydrogens (tertiary/aromatic N) is 2. The fourth-order valence-electron chi connectivity index (χ4n) is 2.84. The second kappa shape index (κ2) is 7.65. The Hall–Kier alpha value is -2.74. The van der Waals surface area contributed by atoms with Crippen LogP contribution < -0.4 is 10.2 Å². The van der Waals surface area contributed by atoms with Gasteiger partial charge in [0, 0.05) is 24.0 Å². The molecule has 0 bridgehead atoms. The highest BCUT2D eigenvalue weighted by molar-refractivity contribution is 7.09. The zero-order chi connectivity index (χ0) is 18.7. The van der Waals surface area contributed by atoms with Gasteiger partial charge < -0.3 is 15.3 Å². The molecule has 1 saturated heterocycles. The van der Waals surface area contributed by atoms with Gasteiger partial charge in [0.05, 0.1) is 12.5 Å². The molecule has 0 radical (unpaired) electrons. The molecule has 1 aromatic heterocycles. The van der Waals surface area contributed by atoms with Crippen molar-refractivity contribution in [2.24, 2.45) is 5.92 Å². The van der Waals surface area contributed by atoms with E-state index in [1.807, 2.05) is 24.3 Å². The van der Waals surface area contributed by atoms with Gasteiger partial charge in [-0.25, -0.2) is 9.78 Å². The number of anilines is 1. The van der Waals surface area contributed by atoms with E-state index in [-0.39, 0.29) is 30.5 Å². The van der Waals surface area contributed by atoms with E-state index in [4.69, 9.17) is 5.11 Å². The molecule has 0 spiro atoms. The summed E-state index contributed by atoms with van der Waals surface area (Å²) in [7, 11) is 0. The summed E-state index contributed by atoms with van der Waals surface area (Å²) in [6, 6.07) is 7.77. The van der Waals surface area contributed by atoms with Crippen molar-refractivity contribution in [3.05, 3.63) is 45.9 Å². The molecule has 1 aromatic carbocycles. The summed E-state index contributed by atoms with van der Waals surface area (Å²) in [5, 5.41) is 13.6. The minimum atomic E-state index is -1.09. The van der Waals surface area contributed by atoms with Crippen LogP contribution in [-0.4, -0.2) is 34.4 Å². The number of carbonyl (C=O) groups excluding carboxylic acids is 2. The molecule has 1 atom stereocenters. The summed E-state index contributed by atoms with van der Waals surface area (Å²) in [5.41, 5.74) is 1.96. The molecule has 8 heteroatoms. The van der Waals surface area contributed by atoms with Crippen LogP contribution in [0.1, 0.15) is 34.4 Å². The van der Waals surface area contributed by atoms with E-state index in [0.717, 1.165) is 12.1 Å². The van der Waals surface area contributed by atoms with E-state index in [0.29, 0.717) is 11.6 Å². The van der Waals surface area contributed by atoms with Crippen LogP contribution in [0.2, 0.25) is 0 Å². The zero-order valence-corrected chi connectivity index (χ0v) is 15.1. The molecule has 1 aliphatic heterocycles. The topological polar surface area (TPSA) is 99.6 Å². The number of rotatable bonds is 6. The first-order valence-electron chi connectivity index (χ1n) is 8.32. The Morgan fingerprint density at radius 3 is 2.69 bits per heavy atom. The number of nitrogens with one attached hydrogen (secondary N) is 1. The second-order valence-electron chi connectivity index (χ2n) is 6.07. The lowest BCUT2D eigenvalue weighted by atomic mass is 10.1. The molecule has 2 heterocycles. The van der Waals surface area contributed by atoms with Crippen molar-refractivity contribution < 1.29 is 19.5 Å². The number of aryl methyl sites for hydroxylation is 1. The van der Waals surface area contributed by atoms with Gasteiger partial charge in [0.1, 0.15) is 5.01 Å². The Kier molecular flexibility index (Phi) is 5.32. The summed E-state index contributed by atoms with van der Waals surface area (Å²) in [5.74, 6) is -1.81. The van der Waals surface area contributed by atoms with Gasteiger partial charge >= 0.3 is 5.97 Å². The van der Waals surface area contributed by atoms with Crippen molar-refractivity contribution >= 4 is 34.8 Å². The molecular weight excluding hydrogens is 354 g/mol. The highest BCUT2D eigenvalue weighted by Gasteiger charge is 2.35. The first kappa shape index (κ1) is 18.1. The predicted octanol–water partition coefficient (Wildman–Crippen LogP) is 2.07. The maximum absolute atomic E-state index is 12.4. The Balaban J connectivity index is 1.58. The summed E-state index contributed by atoms with van der Waals surface area (Å²) < 4.78 is 0. The molecule has 0 saturated carbocycles. The summed E-state index contributed by atoms with van der Waals surface area (Å²) in [4.78, 5) is 41.0. The van der Waals surface area contributed by atoms with Crippen molar-refractivity contribution in [3.8, 4) is 0 Å². The van der Waals surface area contributed by atoms with Crippen molar-refractivity contribution in [1.29, 1.82) is 0 Å². The average molecular weight is 373 g/mol. The number of hydrogen-bond donors (Lipinski definition) is 2. The van der Waals surface area contributed by atoms with Crippen LogP contribution in [-0.2, 0) is 22.6 Å². The maximum Gasteiger partial charge on any atom is 0.355 e. The number of benzene rings is 1. The van der Waals surface area contributed by atoms with E-state index in [1.54, 1.807) is 4.90 Å². The third-order valence-electron chi connectivity index (χ3n) is 4.34. The summed E-state index contributed by atoms with van der Waals surface area (Å²) >= 11 is 1.18. The van der Waals surface area contributed by atoms with Crippen molar-refractivity contribution in [2.45, 2.75) is 26.3 Å². The van der Waals surface area contributed by atoms with E-state index < -0.39 is 11.9 Å². The van der Waals surface area contributed by atoms with Crippen LogP contribution in [0.3, 0.4) is 0 Å². The number of aromatic nitrogens is 1. The number of amides is 2. The van der Waals surface area contributed by atoms with Crippen molar-refractivity contribution in [3.63, 3.8) is 0 Å². The lowest BCUT2D eigenvalue weighted by Crippen LogP contribution is -2.32. The molecule has 2 N–H and O–H groups in total. The molecule has 7 nitrogen and oxygen atoms in total. The lowest BCUT2D eigenvalue weighted by Gasteiger charge is -2.17. The molecule has 1 fully saturated rings. The van der Waals surface area contributed by atoms with Gasteiger partial charge in [0.25, 0.3) is 0 Å². The van der Waals surface area contributed by atoms with E-state index in [1.165, 1.54) is 22.3 Å². The van der Waals surface area contributed by atoms with E-state index in [9.17, 15) is 14.4 Å². The Bertz CT molecular complexity index is 831. The third-order valence-corrected chi connectivity index (χ3v) is 5.19. The van der Waals surface area contributed by atoms with E-state index >= 15 is 0 Å². The molecular formula is C18H19N3O4S. The van der Waals surface area contributed by atoms with Crippen LogP contribution in [0.4, 0.5) is 5.69 Å². The molecule has 26 heavy (non-hydrogen) atoms. The molecule has 3 rings (SSSR count). The standard InChI is InChI=1S/C18H19N3O4S/c1-2-11-3-5-13(6-4-11)21-9-12(7-16(21)22)17(23)19-8-15-20-14(10-26-15)18(24)25/h3-6,10,12H,2,7-9H2,1H3,(H,19,23)(H,24,25). The van der Waals surface area contributed by atoms with Crippen LogP contribution in [0.15, 0.2) is 29.6 Å². The third kappa shape index (κ3) is 3.91. The maximum atomic E-state index is 12.4. The van der Waals surface area contributed by atoms with Gasteiger partial charge in [-0.05, 0) is 24.1 Å². The lowest BCUT2D eigenvalue weighted by molar-refractivity contribution is -0.126. The Labute approximate surface area is 154 Å². The predicted molar refractivity (Wildman–Crippen MR) is 97.2 cm³/mol. The van der Waals surface area contributed by atoms with Gasteiger partial charge in [-0.1, -0.05) is 19.1 Å². The first-order valence-corrected chi connectivity index (χ1v) is 9.20. The smallest absolute Gasteiger partial charge is 0.355 e. The van der Waals surface area contributed by atoms with Gasteiger partial charge in [-0.3, -0.25) is 9.59 Å². The first-order chi connectivity index (χ1) is 12.5. The van der Waals surface area contributed by atoms with Gasteiger partial charge in [0.15, 0.2) is 5.69 Å². The van der Waals surface area contributed by atoms with Crippen molar-refractivity contribution in [2.75, 3.05) is 11.4 Å². The Morgan fingerprint density at radius 2 is 2.08 bits per heavy atom. The molecule has 2 amide bonds. The van der Waals surface area contributed by atoms with E-state index in [2.05, 4.69) is 17.2 Å². The SMILES string of the molecule is CCc1ccc(N2CC(C(=O)NCc3nc(C(=O)O)cs3)CC2=O)cc1. The normalized spacial score (nSPS) is 16.7. The fraction of sp³-hybridized carbons (Fsp3) is 0.333. The van der Waals surface area contributed by atoms with Crippen molar-refractivity contribution in [1.82, 2.24) is 10.3 Å². The number of thiazole rings is 1. The number of aromatic carboxylic acids is 1. The largest absolute Gasteiger partial charge is 0.476 e. The molecule has 2 aromatic rings. The molecule has 1 unspecified atom stereocenters. The highest BCUT2D eigenvalue weighted by atomic mass is 32.1. The van der Waals surface area contributed by atoms with Crippen LogP contribution in [0.25, 0.3) is 0 Å². The van der Waals surface area contributed by atoms with Gasteiger partial charge in [0.2, 0.25) is 11.8 Å². The highest BCUT2D eigenvalue weighted by Crippen LogP contribution is 2.25. The minimum Gasteiger partial charge on any atom is -0.476 e. The van der Waals surface area contributed by atoms with Crippen LogP contribution >= 0.6 is 11.3 Å². The summed E-state index contributed by atoms with van der Waals surface area (Å²) in [6.45, 7) is 2.57.